The third-order valence-corrected chi connectivity index (χ3v) is 3.02. The summed E-state index contributed by atoms with van der Waals surface area (Å²) in [5, 5.41) is 2.71. The summed E-state index contributed by atoms with van der Waals surface area (Å²) >= 11 is 3.35. The maximum absolute atomic E-state index is 13.1. The Balaban J connectivity index is 2.05. The Bertz CT molecular complexity index is 596. The zero-order valence-electron chi connectivity index (χ0n) is 9.99. The van der Waals surface area contributed by atoms with Crippen LogP contribution >= 0.6 is 15.9 Å². The predicted molar refractivity (Wildman–Crippen MR) is 76.1 cm³/mol. The highest BCUT2D eigenvalue weighted by molar-refractivity contribution is 9.10. The van der Waals surface area contributed by atoms with Gasteiger partial charge in [0.25, 0.3) is 5.91 Å². The van der Waals surface area contributed by atoms with E-state index in [4.69, 9.17) is 5.73 Å². The second-order valence-corrected chi connectivity index (χ2v) is 5.00. The van der Waals surface area contributed by atoms with Gasteiger partial charge in [0, 0.05) is 22.3 Å². The van der Waals surface area contributed by atoms with Crippen molar-refractivity contribution in [1.82, 2.24) is 5.32 Å². The number of anilines is 1. The van der Waals surface area contributed by atoms with Crippen molar-refractivity contribution in [3.05, 3.63) is 63.9 Å². The van der Waals surface area contributed by atoms with E-state index in [2.05, 4.69) is 21.2 Å². The molecule has 0 heterocycles. The number of halogens is 2. The molecule has 0 aliphatic heterocycles. The van der Waals surface area contributed by atoms with Crippen LogP contribution in [0.4, 0.5) is 10.1 Å². The molecule has 19 heavy (non-hydrogen) atoms. The molecule has 0 atom stereocenters. The van der Waals surface area contributed by atoms with Gasteiger partial charge < -0.3 is 11.1 Å². The van der Waals surface area contributed by atoms with Gasteiger partial charge in [0.2, 0.25) is 0 Å². The minimum absolute atomic E-state index is 0.215. The first-order valence-electron chi connectivity index (χ1n) is 5.63. The molecule has 0 saturated carbocycles. The van der Waals surface area contributed by atoms with E-state index >= 15 is 0 Å². The van der Waals surface area contributed by atoms with Crippen molar-refractivity contribution in [1.29, 1.82) is 0 Å². The number of rotatable bonds is 3. The quantitative estimate of drug-likeness (QED) is 0.853. The first kappa shape index (κ1) is 13.5. The third-order valence-electron chi connectivity index (χ3n) is 2.52. The molecule has 1 amide bonds. The van der Waals surface area contributed by atoms with E-state index in [0.29, 0.717) is 6.54 Å². The molecule has 0 radical (unpaired) electrons. The van der Waals surface area contributed by atoms with Crippen LogP contribution in [0.2, 0.25) is 0 Å². The van der Waals surface area contributed by atoms with Crippen molar-refractivity contribution in [3.8, 4) is 0 Å². The van der Waals surface area contributed by atoms with E-state index in [0.717, 1.165) is 16.1 Å². The van der Waals surface area contributed by atoms with E-state index in [9.17, 15) is 9.18 Å². The SMILES string of the molecule is Nc1cc(F)cc(C(=O)NCc2cccc(Br)c2)c1. The highest BCUT2D eigenvalue weighted by Crippen LogP contribution is 2.13. The van der Waals surface area contributed by atoms with Crippen LogP contribution in [-0.4, -0.2) is 5.91 Å². The normalized spacial score (nSPS) is 10.2. The third kappa shape index (κ3) is 3.79. The number of nitrogen functional groups attached to an aromatic ring is 1. The van der Waals surface area contributed by atoms with Crippen molar-refractivity contribution in [2.75, 3.05) is 5.73 Å². The molecule has 0 saturated heterocycles. The molecule has 0 aromatic heterocycles. The summed E-state index contributed by atoms with van der Waals surface area (Å²) in [6.07, 6.45) is 0. The summed E-state index contributed by atoms with van der Waals surface area (Å²) in [6, 6.07) is 11.4. The van der Waals surface area contributed by atoms with Gasteiger partial charge in [0.1, 0.15) is 5.82 Å². The smallest absolute Gasteiger partial charge is 0.251 e. The molecule has 3 N–H and O–H groups in total. The average molecular weight is 323 g/mol. The van der Waals surface area contributed by atoms with Gasteiger partial charge in [-0.2, -0.15) is 0 Å². The number of carbonyl (C=O) groups is 1. The van der Waals surface area contributed by atoms with Crippen molar-refractivity contribution < 1.29 is 9.18 Å². The van der Waals surface area contributed by atoms with Crippen LogP contribution in [0.1, 0.15) is 15.9 Å². The molecular weight excluding hydrogens is 311 g/mol. The summed E-state index contributed by atoms with van der Waals surface area (Å²) in [4.78, 5) is 11.9. The second kappa shape index (κ2) is 5.84. The second-order valence-electron chi connectivity index (χ2n) is 4.09. The molecule has 0 aliphatic rings. The Morgan fingerprint density at radius 1 is 1.26 bits per heavy atom. The fourth-order valence-corrected chi connectivity index (χ4v) is 2.12. The molecule has 0 unspecified atom stereocenters. The minimum Gasteiger partial charge on any atom is -0.399 e. The number of amides is 1. The van der Waals surface area contributed by atoms with Crippen molar-refractivity contribution >= 4 is 27.5 Å². The number of carbonyl (C=O) groups excluding carboxylic acids is 1. The largest absolute Gasteiger partial charge is 0.399 e. The Morgan fingerprint density at radius 3 is 2.74 bits per heavy atom. The average Bonchev–Trinajstić information content (AvgIpc) is 2.35. The molecular formula is C14H12BrFN2O. The van der Waals surface area contributed by atoms with Gasteiger partial charge in [-0.1, -0.05) is 28.1 Å². The first-order chi connectivity index (χ1) is 9.04. The lowest BCUT2D eigenvalue weighted by atomic mass is 10.1. The van der Waals surface area contributed by atoms with Crippen molar-refractivity contribution in [3.63, 3.8) is 0 Å². The lowest BCUT2D eigenvalue weighted by molar-refractivity contribution is 0.0950. The highest BCUT2D eigenvalue weighted by atomic mass is 79.9. The van der Waals surface area contributed by atoms with Crippen LogP contribution in [0.15, 0.2) is 46.9 Å². The Kier molecular flexibility index (Phi) is 4.16. The van der Waals surface area contributed by atoms with Gasteiger partial charge in [0.15, 0.2) is 0 Å². The van der Waals surface area contributed by atoms with Crippen LogP contribution in [0, 0.1) is 5.82 Å². The van der Waals surface area contributed by atoms with Crippen molar-refractivity contribution in [2.45, 2.75) is 6.54 Å². The lowest BCUT2D eigenvalue weighted by Gasteiger charge is -2.06. The molecule has 0 spiro atoms. The van der Waals surface area contributed by atoms with Gasteiger partial charge >= 0.3 is 0 Å². The molecule has 2 aromatic carbocycles. The maximum Gasteiger partial charge on any atom is 0.251 e. The van der Waals surface area contributed by atoms with Gasteiger partial charge in [-0.15, -0.1) is 0 Å². The molecule has 98 valence electrons. The fourth-order valence-electron chi connectivity index (χ4n) is 1.67. The van der Waals surface area contributed by atoms with E-state index in [1.165, 1.54) is 12.1 Å². The molecule has 2 aromatic rings. The van der Waals surface area contributed by atoms with E-state index in [-0.39, 0.29) is 17.2 Å². The van der Waals surface area contributed by atoms with Crippen LogP contribution in [0.3, 0.4) is 0 Å². The Hall–Kier alpha value is -1.88. The van der Waals surface area contributed by atoms with E-state index < -0.39 is 5.82 Å². The summed E-state index contributed by atoms with van der Waals surface area (Å²) < 4.78 is 14.1. The Labute approximate surface area is 118 Å². The van der Waals surface area contributed by atoms with Crippen molar-refractivity contribution in [2.24, 2.45) is 0 Å². The van der Waals surface area contributed by atoms with E-state index in [1.807, 2.05) is 24.3 Å². The molecule has 2 rings (SSSR count). The van der Waals surface area contributed by atoms with E-state index in [1.54, 1.807) is 0 Å². The van der Waals surface area contributed by atoms with Crippen LogP contribution in [0.25, 0.3) is 0 Å². The Morgan fingerprint density at radius 2 is 2.05 bits per heavy atom. The standard InChI is InChI=1S/C14H12BrFN2O/c15-11-3-1-2-9(4-11)8-18-14(19)10-5-12(16)7-13(17)6-10/h1-7H,8,17H2,(H,18,19). The molecule has 0 aliphatic carbocycles. The number of nitrogens with two attached hydrogens (primary N) is 1. The number of hydrogen-bond acceptors (Lipinski definition) is 2. The number of benzene rings is 2. The van der Waals surface area contributed by atoms with Crippen LogP contribution < -0.4 is 11.1 Å². The van der Waals surface area contributed by atoms with Crippen LogP contribution in [0.5, 0.6) is 0 Å². The highest BCUT2D eigenvalue weighted by Gasteiger charge is 2.07. The van der Waals surface area contributed by atoms with Gasteiger partial charge in [0.05, 0.1) is 0 Å². The number of hydrogen-bond donors (Lipinski definition) is 2. The van der Waals surface area contributed by atoms with Gasteiger partial charge in [-0.3, -0.25) is 4.79 Å². The fraction of sp³-hybridized carbons (Fsp3) is 0.0714. The summed E-state index contributed by atoms with van der Waals surface area (Å²) in [6.45, 7) is 0.370. The topological polar surface area (TPSA) is 55.1 Å². The zero-order valence-corrected chi connectivity index (χ0v) is 11.6. The van der Waals surface area contributed by atoms with Crippen LogP contribution in [-0.2, 0) is 6.54 Å². The molecule has 0 fully saturated rings. The predicted octanol–water partition coefficient (Wildman–Crippen LogP) is 3.10. The summed E-state index contributed by atoms with van der Waals surface area (Å²) in [5.74, 6) is -0.876. The minimum atomic E-state index is -0.521. The first-order valence-corrected chi connectivity index (χ1v) is 6.42. The van der Waals surface area contributed by atoms with Gasteiger partial charge in [-0.25, -0.2) is 4.39 Å². The molecule has 3 nitrogen and oxygen atoms in total. The van der Waals surface area contributed by atoms with Gasteiger partial charge in [-0.05, 0) is 35.9 Å². The maximum atomic E-state index is 13.1. The molecule has 5 heteroatoms. The molecule has 0 bridgehead atoms. The lowest BCUT2D eigenvalue weighted by Crippen LogP contribution is -2.23. The monoisotopic (exact) mass is 322 g/mol. The zero-order chi connectivity index (χ0) is 13.8. The summed E-state index contributed by atoms with van der Waals surface area (Å²) in [7, 11) is 0. The summed E-state index contributed by atoms with van der Waals surface area (Å²) in [5.41, 5.74) is 6.89. The number of nitrogens with one attached hydrogen (secondary N) is 1.